The summed E-state index contributed by atoms with van der Waals surface area (Å²) < 4.78 is 28.8. The third-order valence-corrected chi connectivity index (χ3v) is 4.36. The fraction of sp³-hybridized carbons (Fsp3) is 0.350. The molecule has 0 atom stereocenters. The van der Waals surface area contributed by atoms with Gasteiger partial charge in [-0.1, -0.05) is 43.7 Å². The zero-order chi connectivity index (χ0) is 19.4. The number of carbonyl (C=O) groups excluding carboxylic acids is 1. The van der Waals surface area contributed by atoms with Gasteiger partial charge in [-0.3, -0.25) is 4.79 Å². The number of hydrogen-bond donors (Lipinski definition) is 1. The van der Waals surface area contributed by atoms with Crippen molar-refractivity contribution in [2.75, 3.05) is 6.54 Å². The van der Waals surface area contributed by atoms with Crippen LogP contribution in [0.3, 0.4) is 0 Å². The molecule has 5 nitrogen and oxygen atoms in total. The zero-order valence-electron chi connectivity index (χ0n) is 15.4. The van der Waals surface area contributed by atoms with Gasteiger partial charge in [-0.05, 0) is 19.4 Å². The number of amides is 1. The monoisotopic (exact) mass is 372 g/mol. The number of benzene rings is 1. The van der Waals surface area contributed by atoms with Crippen LogP contribution < -0.4 is 5.32 Å². The van der Waals surface area contributed by atoms with Crippen molar-refractivity contribution < 1.29 is 13.6 Å². The largest absolute Gasteiger partial charge is 0.354 e. The highest BCUT2D eigenvalue weighted by Crippen LogP contribution is 2.32. The highest BCUT2D eigenvalue weighted by molar-refractivity contribution is 5.87. The molecule has 2 aromatic heterocycles. The van der Waals surface area contributed by atoms with E-state index in [0.29, 0.717) is 29.0 Å². The molecule has 0 fully saturated rings. The topological polar surface area (TPSA) is 59.8 Å². The van der Waals surface area contributed by atoms with Crippen LogP contribution in [0, 0.1) is 6.92 Å². The Bertz CT molecular complexity index is 938. The molecular formula is C20H22F2N4O. The van der Waals surface area contributed by atoms with Gasteiger partial charge in [0.25, 0.3) is 6.43 Å². The summed E-state index contributed by atoms with van der Waals surface area (Å²) in [4.78, 5) is 16.7. The third kappa shape index (κ3) is 4.13. The molecule has 0 aliphatic rings. The Kier molecular flexibility index (Phi) is 5.78. The van der Waals surface area contributed by atoms with Crippen LogP contribution in [0.15, 0.2) is 36.4 Å². The molecule has 1 N–H and O–H groups in total. The van der Waals surface area contributed by atoms with Crippen LogP contribution in [-0.4, -0.2) is 27.2 Å². The number of rotatable bonds is 7. The second kappa shape index (κ2) is 8.24. The molecule has 1 aromatic carbocycles. The number of nitrogens with zero attached hydrogens (tertiary/aromatic N) is 3. The first-order chi connectivity index (χ1) is 13.0. The predicted molar refractivity (Wildman–Crippen MR) is 101 cm³/mol. The molecule has 0 radical (unpaired) electrons. The summed E-state index contributed by atoms with van der Waals surface area (Å²) in [6.45, 7) is 4.22. The van der Waals surface area contributed by atoms with E-state index < -0.39 is 6.43 Å². The second-order valence-electron chi connectivity index (χ2n) is 6.41. The lowest BCUT2D eigenvalue weighted by molar-refractivity contribution is -0.121. The molecule has 142 valence electrons. The van der Waals surface area contributed by atoms with E-state index in [-0.39, 0.29) is 18.0 Å². The summed E-state index contributed by atoms with van der Waals surface area (Å²) >= 11 is 0. The lowest BCUT2D eigenvalue weighted by atomic mass is 10.1. The average Bonchev–Trinajstić information content (AvgIpc) is 2.97. The molecule has 0 saturated carbocycles. The Morgan fingerprint density at radius 1 is 1.26 bits per heavy atom. The Morgan fingerprint density at radius 2 is 2.00 bits per heavy atom. The van der Waals surface area contributed by atoms with Gasteiger partial charge in [0.2, 0.25) is 5.91 Å². The maximum Gasteiger partial charge on any atom is 0.264 e. The highest BCUT2D eigenvalue weighted by Gasteiger charge is 2.21. The van der Waals surface area contributed by atoms with E-state index in [1.807, 2.05) is 37.3 Å². The summed E-state index contributed by atoms with van der Waals surface area (Å²) in [7, 11) is 0. The van der Waals surface area contributed by atoms with Crippen molar-refractivity contribution in [3.63, 3.8) is 0 Å². The normalized spacial score (nSPS) is 11.3. The van der Waals surface area contributed by atoms with Crippen molar-refractivity contribution in [1.82, 2.24) is 20.1 Å². The number of aromatic nitrogens is 3. The standard InChI is InChI=1S/C20H22F2N4O/c1-3-4-10-23-17(27)12-26-20-18(13(2)25-26)15(19(21)22)11-16(24-20)14-8-6-5-7-9-14/h5-9,11,19H,3-4,10,12H2,1-2H3,(H,23,27). The van der Waals surface area contributed by atoms with E-state index in [1.165, 1.54) is 10.7 Å². The number of nitrogens with one attached hydrogen (secondary N) is 1. The van der Waals surface area contributed by atoms with E-state index in [2.05, 4.69) is 15.4 Å². The van der Waals surface area contributed by atoms with Crippen LogP contribution in [0.25, 0.3) is 22.3 Å². The van der Waals surface area contributed by atoms with Gasteiger partial charge >= 0.3 is 0 Å². The first-order valence-electron chi connectivity index (χ1n) is 8.99. The molecular weight excluding hydrogens is 350 g/mol. The summed E-state index contributed by atoms with van der Waals surface area (Å²) in [5, 5.41) is 7.42. The van der Waals surface area contributed by atoms with Crippen molar-refractivity contribution in [3.8, 4) is 11.3 Å². The van der Waals surface area contributed by atoms with Crippen molar-refractivity contribution in [2.45, 2.75) is 39.7 Å². The summed E-state index contributed by atoms with van der Waals surface area (Å²) in [6.07, 6.45) is -0.798. The second-order valence-corrected chi connectivity index (χ2v) is 6.41. The van der Waals surface area contributed by atoms with Crippen LogP contribution in [-0.2, 0) is 11.3 Å². The maximum atomic E-state index is 13.7. The fourth-order valence-corrected chi connectivity index (χ4v) is 3.02. The lowest BCUT2D eigenvalue weighted by Gasteiger charge is -2.09. The molecule has 2 heterocycles. The van der Waals surface area contributed by atoms with E-state index in [0.717, 1.165) is 18.4 Å². The number of aryl methyl sites for hydroxylation is 1. The van der Waals surface area contributed by atoms with E-state index in [4.69, 9.17) is 0 Å². The first-order valence-corrected chi connectivity index (χ1v) is 8.99. The molecule has 0 aliphatic heterocycles. The molecule has 0 bridgehead atoms. The number of hydrogen-bond acceptors (Lipinski definition) is 3. The molecule has 3 aromatic rings. The number of fused-ring (bicyclic) bond motifs is 1. The minimum atomic E-state index is -2.66. The summed E-state index contributed by atoms with van der Waals surface area (Å²) in [5.74, 6) is -0.210. The van der Waals surface area contributed by atoms with Crippen molar-refractivity contribution in [1.29, 1.82) is 0 Å². The first kappa shape index (κ1) is 18.9. The lowest BCUT2D eigenvalue weighted by Crippen LogP contribution is -2.28. The van der Waals surface area contributed by atoms with E-state index in [1.54, 1.807) is 6.92 Å². The van der Waals surface area contributed by atoms with E-state index >= 15 is 0 Å². The molecule has 3 rings (SSSR count). The van der Waals surface area contributed by atoms with Gasteiger partial charge in [-0.2, -0.15) is 5.10 Å². The van der Waals surface area contributed by atoms with Crippen molar-refractivity contribution in [2.24, 2.45) is 0 Å². The third-order valence-electron chi connectivity index (χ3n) is 4.36. The number of carbonyl (C=O) groups is 1. The van der Waals surface area contributed by atoms with Crippen molar-refractivity contribution in [3.05, 3.63) is 47.7 Å². The molecule has 0 unspecified atom stereocenters. The summed E-state index contributed by atoms with van der Waals surface area (Å²) in [5.41, 5.74) is 1.79. The Labute approximate surface area is 156 Å². The molecule has 0 saturated heterocycles. The zero-order valence-corrected chi connectivity index (χ0v) is 15.4. The van der Waals surface area contributed by atoms with Crippen LogP contribution in [0.5, 0.6) is 0 Å². The fourth-order valence-electron chi connectivity index (χ4n) is 3.02. The number of halogens is 2. The maximum absolute atomic E-state index is 13.7. The van der Waals surface area contributed by atoms with Gasteiger partial charge in [0.15, 0.2) is 5.65 Å². The van der Waals surface area contributed by atoms with Crippen LogP contribution >= 0.6 is 0 Å². The van der Waals surface area contributed by atoms with Gasteiger partial charge in [0, 0.05) is 17.7 Å². The quantitative estimate of drug-likeness (QED) is 0.631. The van der Waals surface area contributed by atoms with Gasteiger partial charge in [-0.25, -0.2) is 18.4 Å². The van der Waals surface area contributed by atoms with Gasteiger partial charge < -0.3 is 5.32 Å². The Balaban J connectivity index is 2.05. The minimum Gasteiger partial charge on any atom is -0.354 e. The predicted octanol–water partition coefficient (Wildman–Crippen LogP) is 4.26. The Hall–Kier alpha value is -2.83. The van der Waals surface area contributed by atoms with Crippen molar-refractivity contribution >= 4 is 16.9 Å². The smallest absolute Gasteiger partial charge is 0.264 e. The minimum absolute atomic E-state index is 0.0536. The molecule has 0 spiro atoms. The Morgan fingerprint density at radius 3 is 2.67 bits per heavy atom. The number of pyridine rings is 1. The van der Waals surface area contributed by atoms with Gasteiger partial charge in [0.1, 0.15) is 6.54 Å². The van der Waals surface area contributed by atoms with E-state index in [9.17, 15) is 13.6 Å². The van der Waals surface area contributed by atoms with Crippen LogP contribution in [0.4, 0.5) is 8.78 Å². The van der Waals surface area contributed by atoms with Crippen LogP contribution in [0.1, 0.15) is 37.4 Å². The summed E-state index contributed by atoms with van der Waals surface area (Å²) in [6, 6.07) is 10.5. The van der Waals surface area contributed by atoms with Gasteiger partial charge in [-0.15, -0.1) is 0 Å². The molecule has 0 aliphatic carbocycles. The molecule has 1 amide bonds. The number of unbranched alkanes of at least 4 members (excludes halogenated alkanes) is 1. The van der Waals surface area contributed by atoms with Gasteiger partial charge in [0.05, 0.1) is 16.8 Å². The average molecular weight is 372 g/mol. The SMILES string of the molecule is CCCCNC(=O)Cn1nc(C)c2c(C(F)F)cc(-c3ccccc3)nc21. The molecule has 27 heavy (non-hydrogen) atoms. The number of alkyl halides is 2. The molecule has 7 heteroatoms. The highest BCUT2D eigenvalue weighted by atomic mass is 19.3. The van der Waals surface area contributed by atoms with Crippen LogP contribution in [0.2, 0.25) is 0 Å².